The van der Waals surface area contributed by atoms with Gasteiger partial charge in [0.1, 0.15) is 10.8 Å². The number of amides is 1. The summed E-state index contributed by atoms with van der Waals surface area (Å²) in [4.78, 5) is 31.7. The maximum atomic E-state index is 13.5. The van der Waals surface area contributed by atoms with Gasteiger partial charge >= 0.3 is 5.97 Å². The highest BCUT2D eigenvalue weighted by molar-refractivity contribution is 7.16. The number of aromatic nitrogens is 1. The first-order chi connectivity index (χ1) is 15.9. The first-order valence-corrected chi connectivity index (χ1v) is 11.4. The van der Waals surface area contributed by atoms with Gasteiger partial charge in [-0.1, -0.05) is 18.2 Å². The Morgan fingerprint density at radius 3 is 2.48 bits per heavy atom. The second-order valence-corrected chi connectivity index (χ2v) is 8.69. The molecule has 0 bridgehead atoms. The van der Waals surface area contributed by atoms with Crippen LogP contribution in [0.25, 0.3) is 22.2 Å². The van der Waals surface area contributed by atoms with Crippen LogP contribution in [-0.4, -0.2) is 30.6 Å². The minimum absolute atomic E-state index is 0.265. The van der Waals surface area contributed by atoms with Crippen LogP contribution in [0.15, 0.2) is 54.6 Å². The van der Waals surface area contributed by atoms with E-state index in [2.05, 4.69) is 5.32 Å². The number of fused-ring (bicyclic) bond motifs is 1. The zero-order valence-electron chi connectivity index (χ0n) is 18.9. The number of benzene rings is 2. The predicted octanol–water partition coefficient (Wildman–Crippen LogP) is 6.02. The van der Waals surface area contributed by atoms with Crippen LogP contribution in [0.2, 0.25) is 0 Å². The maximum absolute atomic E-state index is 13.5. The van der Waals surface area contributed by atoms with Crippen LogP contribution in [-0.2, 0) is 4.74 Å². The minimum atomic E-state index is -0.437. The summed E-state index contributed by atoms with van der Waals surface area (Å²) in [6.07, 6.45) is 0. The topological polar surface area (TPSA) is 77.5 Å². The number of anilines is 1. The van der Waals surface area contributed by atoms with Gasteiger partial charge in [-0.2, -0.15) is 0 Å². The van der Waals surface area contributed by atoms with Crippen LogP contribution < -0.4 is 10.1 Å². The van der Waals surface area contributed by atoms with Crippen molar-refractivity contribution in [2.75, 3.05) is 19.0 Å². The Bertz CT molecular complexity index is 1340. The molecule has 2 aromatic carbocycles. The Labute approximate surface area is 196 Å². The smallest absolute Gasteiger partial charge is 0.341 e. The molecule has 168 valence electrons. The third kappa shape index (κ3) is 4.45. The molecule has 0 aliphatic heterocycles. The lowest BCUT2D eigenvalue weighted by Crippen LogP contribution is -2.15. The Morgan fingerprint density at radius 2 is 1.79 bits per heavy atom. The van der Waals surface area contributed by atoms with Crippen molar-refractivity contribution in [2.45, 2.75) is 20.8 Å². The van der Waals surface area contributed by atoms with E-state index in [0.717, 1.165) is 27.1 Å². The highest BCUT2D eigenvalue weighted by atomic mass is 32.1. The van der Waals surface area contributed by atoms with Gasteiger partial charge in [0.25, 0.3) is 5.91 Å². The largest absolute Gasteiger partial charge is 0.497 e. The fourth-order valence-corrected chi connectivity index (χ4v) is 4.65. The third-order valence-electron chi connectivity index (χ3n) is 5.44. The average Bonchev–Trinajstić information content (AvgIpc) is 3.11. The summed E-state index contributed by atoms with van der Waals surface area (Å²) in [7, 11) is 1.62. The summed E-state index contributed by atoms with van der Waals surface area (Å²) in [5.74, 6) is -0.00393. The van der Waals surface area contributed by atoms with E-state index in [1.54, 1.807) is 20.1 Å². The quantitative estimate of drug-likeness (QED) is 0.356. The number of carbonyl (C=O) groups is 2. The number of para-hydroxylation sites is 1. The van der Waals surface area contributed by atoms with Crippen molar-refractivity contribution in [1.82, 2.24) is 4.98 Å². The van der Waals surface area contributed by atoms with Crippen molar-refractivity contribution in [2.24, 2.45) is 0 Å². The van der Waals surface area contributed by atoms with Gasteiger partial charge in [-0.05, 0) is 62.7 Å². The molecule has 0 aliphatic carbocycles. The van der Waals surface area contributed by atoms with Gasteiger partial charge in [0.2, 0.25) is 0 Å². The summed E-state index contributed by atoms with van der Waals surface area (Å²) in [6.45, 7) is 5.80. The van der Waals surface area contributed by atoms with Gasteiger partial charge in [0.15, 0.2) is 0 Å². The fourth-order valence-electron chi connectivity index (χ4n) is 3.61. The molecule has 0 atom stereocenters. The van der Waals surface area contributed by atoms with E-state index in [1.807, 2.05) is 62.4 Å². The Morgan fingerprint density at radius 1 is 1.06 bits per heavy atom. The van der Waals surface area contributed by atoms with Crippen LogP contribution in [0, 0.1) is 13.8 Å². The van der Waals surface area contributed by atoms with Crippen LogP contribution >= 0.6 is 11.3 Å². The number of nitrogens with one attached hydrogen (secondary N) is 1. The third-order valence-corrected chi connectivity index (χ3v) is 6.56. The fraction of sp³-hybridized carbons (Fsp3) is 0.192. The average molecular weight is 461 g/mol. The van der Waals surface area contributed by atoms with Crippen LogP contribution in [0.4, 0.5) is 5.00 Å². The minimum Gasteiger partial charge on any atom is -0.497 e. The van der Waals surface area contributed by atoms with Crippen molar-refractivity contribution in [3.63, 3.8) is 0 Å². The number of esters is 1. The summed E-state index contributed by atoms with van der Waals surface area (Å²) >= 11 is 1.37. The van der Waals surface area contributed by atoms with E-state index in [0.29, 0.717) is 27.3 Å². The SMILES string of the molecule is CCOC(=O)c1c(NC(=O)c2cc(-c3ccc(OC)cc3)nc3ccccc23)sc(C)c1C. The number of thiophene rings is 1. The molecule has 2 aromatic heterocycles. The molecule has 0 spiro atoms. The number of ether oxygens (including phenoxy) is 2. The van der Waals surface area contributed by atoms with E-state index in [4.69, 9.17) is 14.5 Å². The number of pyridine rings is 1. The molecule has 7 heteroatoms. The number of nitrogens with zero attached hydrogens (tertiary/aromatic N) is 1. The second-order valence-electron chi connectivity index (χ2n) is 7.46. The van der Waals surface area contributed by atoms with Gasteiger partial charge in [-0.25, -0.2) is 9.78 Å². The summed E-state index contributed by atoms with van der Waals surface area (Å²) in [6, 6.07) is 16.8. The number of hydrogen-bond donors (Lipinski definition) is 1. The Kier molecular flexibility index (Phi) is 6.42. The molecule has 0 radical (unpaired) electrons. The number of rotatable bonds is 6. The van der Waals surface area contributed by atoms with Crippen molar-refractivity contribution in [3.8, 4) is 17.0 Å². The molecule has 0 aliphatic rings. The van der Waals surface area contributed by atoms with E-state index in [9.17, 15) is 9.59 Å². The summed E-state index contributed by atoms with van der Waals surface area (Å²) in [5.41, 5.74) is 3.94. The monoisotopic (exact) mass is 460 g/mol. The van der Waals surface area contributed by atoms with Crippen molar-refractivity contribution >= 4 is 39.1 Å². The molecular weight excluding hydrogens is 436 g/mol. The lowest BCUT2D eigenvalue weighted by molar-refractivity contribution is 0.0527. The van der Waals surface area contributed by atoms with Gasteiger partial charge < -0.3 is 14.8 Å². The number of carbonyl (C=O) groups excluding carboxylic acids is 2. The molecular formula is C26H24N2O4S. The highest BCUT2D eigenvalue weighted by Gasteiger charge is 2.23. The molecule has 0 saturated heterocycles. The first kappa shape index (κ1) is 22.5. The van der Waals surface area contributed by atoms with Gasteiger partial charge in [0.05, 0.1) is 36.1 Å². The van der Waals surface area contributed by atoms with E-state index < -0.39 is 5.97 Å². The first-order valence-electron chi connectivity index (χ1n) is 10.6. The number of aryl methyl sites for hydroxylation is 1. The van der Waals surface area contributed by atoms with Crippen LogP contribution in [0.3, 0.4) is 0 Å². The van der Waals surface area contributed by atoms with Crippen molar-refractivity contribution in [3.05, 3.63) is 76.2 Å². The number of methoxy groups -OCH3 is 1. The molecule has 0 unspecified atom stereocenters. The predicted molar refractivity (Wildman–Crippen MR) is 131 cm³/mol. The van der Waals surface area contributed by atoms with E-state index >= 15 is 0 Å². The lowest BCUT2D eigenvalue weighted by Gasteiger charge is -2.11. The molecule has 1 amide bonds. The zero-order chi connectivity index (χ0) is 23.5. The molecule has 6 nitrogen and oxygen atoms in total. The van der Waals surface area contributed by atoms with Crippen LogP contribution in [0.1, 0.15) is 38.1 Å². The van der Waals surface area contributed by atoms with E-state index in [1.165, 1.54) is 11.3 Å². The maximum Gasteiger partial charge on any atom is 0.341 e. The van der Waals surface area contributed by atoms with E-state index in [-0.39, 0.29) is 12.5 Å². The molecule has 2 heterocycles. The highest BCUT2D eigenvalue weighted by Crippen LogP contribution is 2.34. The second kappa shape index (κ2) is 9.42. The molecule has 33 heavy (non-hydrogen) atoms. The molecule has 0 fully saturated rings. The summed E-state index contributed by atoms with van der Waals surface area (Å²) in [5, 5.41) is 4.17. The summed E-state index contributed by atoms with van der Waals surface area (Å²) < 4.78 is 10.5. The normalized spacial score (nSPS) is 10.8. The van der Waals surface area contributed by atoms with Gasteiger partial charge in [0, 0.05) is 15.8 Å². The van der Waals surface area contributed by atoms with Crippen molar-refractivity contribution < 1.29 is 19.1 Å². The molecule has 1 N–H and O–H groups in total. The lowest BCUT2D eigenvalue weighted by atomic mass is 10.0. The van der Waals surface area contributed by atoms with Gasteiger partial charge in [-0.3, -0.25) is 4.79 Å². The number of hydrogen-bond acceptors (Lipinski definition) is 6. The van der Waals surface area contributed by atoms with Crippen molar-refractivity contribution in [1.29, 1.82) is 0 Å². The van der Waals surface area contributed by atoms with Crippen LogP contribution in [0.5, 0.6) is 5.75 Å². The van der Waals surface area contributed by atoms with Gasteiger partial charge in [-0.15, -0.1) is 11.3 Å². The Balaban J connectivity index is 1.77. The molecule has 4 aromatic rings. The molecule has 4 rings (SSSR count). The standard InChI is InChI=1S/C26H24N2O4S/c1-5-32-26(30)23-15(2)16(3)33-25(23)28-24(29)20-14-22(17-10-12-18(31-4)13-11-17)27-21-9-7-6-8-19(20)21/h6-14H,5H2,1-4H3,(H,28,29). The zero-order valence-corrected chi connectivity index (χ0v) is 19.7. The Hall–Kier alpha value is -3.71. The molecule has 0 saturated carbocycles.